The van der Waals surface area contributed by atoms with Gasteiger partial charge in [-0.05, 0) is 0 Å². The molecule has 0 aromatic carbocycles. The summed E-state index contributed by atoms with van der Waals surface area (Å²) in [6.45, 7) is 0. The maximum absolute atomic E-state index is 8.61. The Balaban J connectivity index is -0.0000000800. The van der Waals surface area contributed by atoms with Gasteiger partial charge in [0.2, 0.25) is 0 Å². The van der Waals surface area contributed by atoms with E-state index in [0.717, 1.165) is 0 Å². The van der Waals surface area contributed by atoms with Crippen molar-refractivity contribution in [2.45, 2.75) is 0 Å². The molecule has 7 heteroatoms. The van der Waals surface area contributed by atoms with Crippen LogP contribution in [-0.2, 0) is 28.9 Å². The van der Waals surface area contributed by atoms with Crippen molar-refractivity contribution in [3.8, 4) is 0 Å². The van der Waals surface area contributed by atoms with Crippen molar-refractivity contribution in [1.82, 2.24) is 0 Å². The Morgan fingerprint density at radius 2 is 0.714 bits per heavy atom. The molecule has 0 spiro atoms. The molecule has 0 N–H and O–H groups in total. The van der Waals surface area contributed by atoms with E-state index in [1.165, 1.54) is 0 Å². The molecular weight excluding hydrogens is 211 g/mol. The summed E-state index contributed by atoms with van der Waals surface area (Å²) in [6.07, 6.45) is 0. The van der Waals surface area contributed by atoms with Gasteiger partial charge in [-0.1, -0.05) is 0 Å². The predicted octanol–water partition coefficient (Wildman–Crippen LogP) is -6.47. The van der Waals surface area contributed by atoms with Crippen LogP contribution >= 0.6 is 0 Å². The Bertz CT molecular complexity index is 161. The maximum atomic E-state index is 8.61. The quantitative estimate of drug-likeness (QED) is 0.374. The SMILES string of the molecule is [Na+].[Na+].[O]=[Ru](=[O])(=[O])=[O]. The van der Waals surface area contributed by atoms with Gasteiger partial charge in [0.1, 0.15) is 0 Å². The third kappa shape index (κ3) is 79.8. The standard InChI is InChI=1S/2Na.4O.Ru/q2*+1;;;;;. The van der Waals surface area contributed by atoms with Crippen LogP contribution in [0.25, 0.3) is 0 Å². The summed E-state index contributed by atoms with van der Waals surface area (Å²) in [6, 6.07) is 0. The van der Waals surface area contributed by atoms with Crippen molar-refractivity contribution in [3.63, 3.8) is 0 Å². The Hall–Kier alpha value is 1.82. The fourth-order valence-corrected chi connectivity index (χ4v) is 0. The third-order valence-corrected chi connectivity index (χ3v) is 0. The zero-order valence-corrected chi connectivity index (χ0v) is 9.72. The molecule has 0 saturated heterocycles. The van der Waals surface area contributed by atoms with Crippen LogP contribution in [0.2, 0.25) is 0 Å². The third-order valence-electron chi connectivity index (χ3n) is 0. The fourth-order valence-electron chi connectivity index (χ4n) is 0. The Morgan fingerprint density at radius 1 is 0.714 bits per heavy atom. The molecule has 0 atom stereocenters. The molecule has 0 fully saturated rings. The molecule has 0 unspecified atom stereocenters. The van der Waals surface area contributed by atoms with Crippen molar-refractivity contribution in [2.24, 2.45) is 0 Å². The van der Waals surface area contributed by atoms with Crippen molar-refractivity contribution in [2.75, 3.05) is 0 Å². The summed E-state index contributed by atoms with van der Waals surface area (Å²) in [4.78, 5) is 0. The molecule has 0 aromatic rings. The minimum atomic E-state index is -5.86. The van der Waals surface area contributed by atoms with E-state index in [9.17, 15) is 0 Å². The summed E-state index contributed by atoms with van der Waals surface area (Å²) >= 11 is -5.86. The molecule has 0 radical (unpaired) electrons. The molecule has 0 rings (SSSR count). The van der Waals surface area contributed by atoms with Gasteiger partial charge in [0.05, 0.1) is 0 Å². The van der Waals surface area contributed by atoms with Gasteiger partial charge >= 0.3 is 88.0 Å². The van der Waals surface area contributed by atoms with Crippen LogP contribution in [-0.4, -0.2) is 0 Å². The van der Waals surface area contributed by atoms with Crippen LogP contribution < -0.4 is 59.1 Å². The Kier molecular flexibility index (Phi) is 13.5. The molecule has 0 aromatic heterocycles. The van der Waals surface area contributed by atoms with Crippen molar-refractivity contribution in [3.05, 3.63) is 0 Å². The molecule has 0 aliphatic rings. The van der Waals surface area contributed by atoms with Gasteiger partial charge in [0.25, 0.3) is 0 Å². The van der Waals surface area contributed by atoms with Gasteiger partial charge in [-0.2, -0.15) is 0 Å². The molecule has 32 valence electrons. The molecule has 4 nitrogen and oxygen atoms in total. The van der Waals surface area contributed by atoms with Gasteiger partial charge in [-0.25, -0.2) is 0 Å². The van der Waals surface area contributed by atoms with Gasteiger partial charge in [-0.3, -0.25) is 0 Å². The van der Waals surface area contributed by atoms with E-state index in [1.807, 2.05) is 0 Å². The summed E-state index contributed by atoms with van der Waals surface area (Å²) in [5, 5.41) is 0. The molecule has 0 heterocycles. The van der Waals surface area contributed by atoms with Crippen LogP contribution in [0, 0.1) is 0 Å². The van der Waals surface area contributed by atoms with E-state index in [0.29, 0.717) is 0 Å². The Morgan fingerprint density at radius 3 is 0.714 bits per heavy atom. The van der Waals surface area contributed by atoms with Crippen molar-refractivity contribution < 1.29 is 88.0 Å². The zero-order chi connectivity index (χ0) is 4.50. The molecule has 7 heavy (non-hydrogen) atoms. The van der Waals surface area contributed by atoms with Crippen LogP contribution in [0.4, 0.5) is 0 Å². The van der Waals surface area contributed by atoms with Crippen LogP contribution in [0.15, 0.2) is 0 Å². The molecule has 0 aliphatic heterocycles. The first-order valence-corrected chi connectivity index (χ1v) is 3.42. The monoisotopic (exact) mass is 212 g/mol. The molecule has 0 bridgehead atoms. The second-order valence-corrected chi connectivity index (χ2v) is 2.09. The summed E-state index contributed by atoms with van der Waals surface area (Å²) < 4.78 is 34.4. The zero-order valence-electron chi connectivity index (χ0n) is 3.99. The first-order chi connectivity index (χ1) is 2.00. The Labute approximate surface area is 86.5 Å². The molecule has 0 aliphatic carbocycles. The molecule has 0 saturated carbocycles. The van der Waals surface area contributed by atoms with Crippen LogP contribution in [0.3, 0.4) is 0 Å². The molecule has 0 amide bonds. The number of hydrogen-bond acceptors (Lipinski definition) is 4. The van der Waals surface area contributed by atoms with E-state index in [-0.39, 0.29) is 59.1 Å². The first-order valence-electron chi connectivity index (χ1n) is 0.577. The van der Waals surface area contributed by atoms with E-state index in [1.54, 1.807) is 0 Å². The number of hydrogen-bond donors (Lipinski definition) is 0. The van der Waals surface area contributed by atoms with Crippen LogP contribution in [0.1, 0.15) is 0 Å². The molecular formula is Na2O4Ru+2. The van der Waals surface area contributed by atoms with E-state index in [2.05, 4.69) is 0 Å². The van der Waals surface area contributed by atoms with E-state index >= 15 is 0 Å². The number of rotatable bonds is 0. The fraction of sp³-hybridized carbons (Fsp3) is 0. The average Bonchev–Trinajstić information content (AvgIpc) is 0.722. The predicted molar refractivity (Wildman–Crippen MR) is 2.75 cm³/mol. The van der Waals surface area contributed by atoms with Gasteiger partial charge in [0.15, 0.2) is 0 Å². The van der Waals surface area contributed by atoms with E-state index < -0.39 is 14.6 Å². The van der Waals surface area contributed by atoms with Crippen molar-refractivity contribution in [1.29, 1.82) is 0 Å². The minimum absolute atomic E-state index is 0. The van der Waals surface area contributed by atoms with Gasteiger partial charge in [-0.15, -0.1) is 0 Å². The summed E-state index contributed by atoms with van der Waals surface area (Å²) in [7, 11) is 0. The second-order valence-electron chi connectivity index (χ2n) is 0.354. The van der Waals surface area contributed by atoms with E-state index in [4.69, 9.17) is 14.3 Å². The average molecular weight is 211 g/mol. The normalized spacial score (nSPS) is 8.00. The van der Waals surface area contributed by atoms with Crippen LogP contribution in [0.5, 0.6) is 0 Å². The topological polar surface area (TPSA) is 68.3 Å². The van der Waals surface area contributed by atoms with Gasteiger partial charge in [0, 0.05) is 0 Å². The van der Waals surface area contributed by atoms with Gasteiger partial charge < -0.3 is 0 Å². The second kappa shape index (κ2) is 5.95. The van der Waals surface area contributed by atoms with Crippen molar-refractivity contribution >= 4 is 0 Å². The first kappa shape index (κ1) is 15.9. The summed E-state index contributed by atoms with van der Waals surface area (Å²) in [5.41, 5.74) is 0. The summed E-state index contributed by atoms with van der Waals surface area (Å²) in [5.74, 6) is 0.